The highest BCUT2D eigenvalue weighted by molar-refractivity contribution is 7.89. The summed E-state index contributed by atoms with van der Waals surface area (Å²) < 4.78 is 39.4. The molecule has 9 heteroatoms. The number of ether oxygens (including phenoxy) is 2. The maximum atomic E-state index is 13.5. The average molecular weight is 616 g/mol. The molecular formula is C34H53N3O5S. The highest BCUT2D eigenvalue weighted by atomic mass is 32.2. The second-order valence-electron chi connectivity index (χ2n) is 12.2. The molecule has 0 heterocycles. The van der Waals surface area contributed by atoms with Gasteiger partial charge in [-0.2, -0.15) is 4.31 Å². The van der Waals surface area contributed by atoms with Gasteiger partial charge in [0.1, 0.15) is 12.4 Å². The molecule has 43 heavy (non-hydrogen) atoms. The molecule has 0 spiro atoms. The summed E-state index contributed by atoms with van der Waals surface area (Å²) in [4.78, 5) is 15.2. The van der Waals surface area contributed by atoms with E-state index in [1.807, 2.05) is 20.8 Å². The van der Waals surface area contributed by atoms with E-state index in [1.165, 1.54) is 22.7 Å². The first-order valence-electron chi connectivity index (χ1n) is 15.7. The summed E-state index contributed by atoms with van der Waals surface area (Å²) in [5.41, 5.74) is 3.55. The van der Waals surface area contributed by atoms with Gasteiger partial charge in [0.15, 0.2) is 0 Å². The molecule has 8 nitrogen and oxygen atoms in total. The number of carbonyl (C=O) groups is 1. The summed E-state index contributed by atoms with van der Waals surface area (Å²) in [6.45, 7) is 8.50. The van der Waals surface area contributed by atoms with Gasteiger partial charge in [-0.3, -0.25) is 4.79 Å². The molecule has 1 fully saturated rings. The first kappa shape index (κ1) is 35.0. The highest BCUT2D eigenvalue weighted by Crippen LogP contribution is 2.34. The van der Waals surface area contributed by atoms with E-state index in [1.54, 1.807) is 20.1 Å². The molecule has 1 unspecified atom stereocenters. The number of methoxy groups -OCH3 is 1. The Morgan fingerprint density at radius 3 is 2.33 bits per heavy atom. The standard InChI is InChI=1S/C34H53N3O5S/c1-8-37(43(39,40)34-25(2)22-32(41-7)26(3)27(34)4)20-21-42-24-33(38)35-23-29-14-17-30(18-15-29)31(36(5)6)19-16-28-12-10-9-11-13-28/h9-13,22,29-31H,8,14-21,23-24H2,1-7H3,(H,35,38). The average Bonchev–Trinajstić information content (AvgIpc) is 2.98. The Labute approximate surface area is 260 Å². The first-order chi connectivity index (χ1) is 20.5. The molecule has 1 N–H and O–H groups in total. The lowest BCUT2D eigenvalue weighted by Gasteiger charge is -2.37. The third-order valence-corrected chi connectivity index (χ3v) is 11.4. The first-order valence-corrected chi connectivity index (χ1v) is 17.1. The van der Waals surface area contributed by atoms with Crippen LogP contribution in [0.3, 0.4) is 0 Å². The summed E-state index contributed by atoms with van der Waals surface area (Å²) >= 11 is 0. The van der Waals surface area contributed by atoms with Crippen LogP contribution in [0.1, 0.15) is 61.3 Å². The van der Waals surface area contributed by atoms with Gasteiger partial charge in [-0.25, -0.2) is 8.42 Å². The van der Waals surface area contributed by atoms with Crippen molar-refractivity contribution in [3.63, 3.8) is 0 Å². The van der Waals surface area contributed by atoms with Gasteiger partial charge in [0.2, 0.25) is 15.9 Å². The molecule has 0 bridgehead atoms. The van der Waals surface area contributed by atoms with Gasteiger partial charge in [0, 0.05) is 25.7 Å². The van der Waals surface area contributed by atoms with Gasteiger partial charge in [0.05, 0.1) is 18.6 Å². The molecule has 240 valence electrons. The second-order valence-corrected chi connectivity index (χ2v) is 14.0. The topological polar surface area (TPSA) is 88.2 Å². The quantitative estimate of drug-likeness (QED) is 0.264. The Balaban J connectivity index is 1.40. The molecule has 0 aromatic heterocycles. The summed E-state index contributed by atoms with van der Waals surface area (Å²) in [6.07, 6.45) is 6.87. The number of hydrogen-bond donors (Lipinski definition) is 1. The van der Waals surface area contributed by atoms with Crippen LogP contribution in [0.25, 0.3) is 0 Å². The predicted molar refractivity (Wildman–Crippen MR) is 173 cm³/mol. The van der Waals surface area contributed by atoms with Crippen molar-refractivity contribution in [2.24, 2.45) is 11.8 Å². The van der Waals surface area contributed by atoms with Crippen molar-refractivity contribution in [1.82, 2.24) is 14.5 Å². The maximum absolute atomic E-state index is 13.5. The summed E-state index contributed by atoms with van der Waals surface area (Å²) in [5, 5.41) is 3.04. The summed E-state index contributed by atoms with van der Waals surface area (Å²) in [7, 11) is 2.25. The number of rotatable bonds is 16. The number of amides is 1. The van der Waals surface area contributed by atoms with E-state index in [2.05, 4.69) is 54.6 Å². The molecule has 1 amide bonds. The monoisotopic (exact) mass is 615 g/mol. The van der Waals surface area contributed by atoms with E-state index in [-0.39, 0.29) is 25.7 Å². The molecule has 0 radical (unpaired) electrons. The van der Waals surface area contributed by atoms with E-state index < -0.39 is 10.0 Å². The number of nitrogens with one attached hydrogen (secondary N) is 1. The highest BCUT2D eigenvalue weighted by Gasteiger charge is 2.30. The molecule has 1 aliphatic carbocycles. The number of likely N-dealkylation sites (N-methyl/N-ethyl adjacent to an activating group) is 1. The van der Waals surface area contributed by atoms with E-state index in [4.69, 9.17) is 9.47 Å². The van der Waals surface area contributed by atoms with Crippen LogP contribution in [0, 0.1) is 32.6 Å². The van der Waals surface area contributed by atoms with Crippen molar-refractivity contribution in [2.75, 3.05) is 54.1 Å². The molecule has 2 aromatic rings. The largest absolute Gasteiger partial charge is 0.496 e. The van der Waals surface area contributed by atoms with Gasteiger partial charge in [0.25, 0.3) is 0 Å². The fourth-order valence-electron chi connectivity index (χ4n) is 6.50. The Hall–Kier alpha value is -2.46. The Morgan fingerprint density at radius 1 is 1.05 bits per heavy atom. The number of aryl methyl sites for hydroxylation is 2. The van der Waals surface area contributed by atoms with Crippen LogP contribution < -0.4 is 10.1 Å². The predicted octanol–water partition coefficient (Wildman–Crippen LogP) is 5.13. The smallest absolute Gasteiger partial charge is 0.246 e. The van der Waals surface area contributed by atoms with Gasteiger partial charge < -0.3 is 19.7 Å². The van der Waals surface area contributed by atoms with Crippen molar-refractivity contribution in [3.05, 3.63) is 58.7 Å². The molecule has 1 atom stereocenters. The van der Waals surface area contributed by atoms with Crippen LogP contribution in [0.2, 0.25) is 0 Å². The van der Waals surface area contributed by atoms with Crippen molar-refractivity contribution in [3.8, 4) is 5.75 Å². The van der Waals surface area contributed by atoms with Crippen molar-refractivity contribution in [2.45, 2.75) is 77.2 Å². The lowest BCUT2D eigenvalue weighted by molar-refractivity contribution is -0.126. The van der Waals surface area contributed by atoms with Gasteiger partial charge in [-0.05, 0) is 114 Å². The number of sulfonamides is 1. The minimum atomic E-state index is -3.73. The SMILES string of the molecule is CCN(CCOCC(=O)NCC1CCC(C(CCc2ccccc2)N(C)C)CC1)S(=O)(=O)c1c(C)cc(OC)c(C)c1C. The molecule has 0 aliphatic heterocycles. The number of carbonyl (C=O) groups excluding carboxylic acids is 1. The summed E-state index contributed by atoms with van der Waals surface area (Å²) in [5.74, 6) is 1.69. The second kappa shape index (κ2) is 16.6. The van der Waals surface area contributed by atoms with Gasteiger partial charge >= 0.3 is 0 Å². The molecule has 0 saturated heterocycles. The minimum absolute atomic E-state index is 0.0746. The van der Waals surface area contributed by atoms with Crippen LogP contribution in [-0.4, -0.2) is 83.6 Å². The zero-order chi connectivity index (χ0) is 31.6. The molecule has 1 aliphatic rings. The lowest BCUT2D eigenvalue weighted by atomic mass is 9.76. The number of benzene rings is 2. The van der Waals surface area contributed by atoms with E-state index in [9.17, 15) is 13.2 Å². The normalized spacial score (nSPS) is 18.2. The Bertz CT molecular complexity index is 1270. The lowest BCUT2D eigenvalue weighted by Crippen LogP contribution is -2.40. The Morgan fingerprint density at radius 2 is 1.72 bits per heavy atom. The molecular weight excluding hydrogens is 562 g/mol. The fourth-order valence-corrected chi connectivity index (χ4v) is 8.42. The van der Waals surface area contributed by atoms with Crippen LogP contribution in [0.4, 0.5) is 0 Å². The summed E-state index contributed by atoms with van der Waals surface area (Å²) in [6, 6.07) is 13.0. The van der Waals surface area contributed by atoms with Crippen molar-refractivity contribution < 1.29 is 22.7 Å². The van der Waals surface area contributed by atoms with Crippen LogP contribution >= 0.6 is 0 Å². The van der Waals surface area contributed by atoms with E-state index >= 15 is 0 Å². The molecule has 1 saturated carbocycles. The van der Waals surface area contributed by atoms with E-state index in [0.717, 1.165) is 31.2 Å². The zero-order valence-corrected chi connectivity index (χ0v) is 28.1. The fraction of sp³-hybridized carbons (Fsp3) is 0.618. The van der Waals surface area contributed by atoms with Crippen molar-refractivity contribution in [1.29, 1.82) is 0 Å². The Kier molecular flexibility index (Phi) is 13.5. The number of nitrogens with zero attached hydrogens (tertiary/aromatic N) is 2. The third kappa shape index (κ3) is 9.51. The van der Waals surface area contributed by atoms with E-state index in [0.29, 0.717) is 52.7 Å². The minimum Gasteiger partial charge on any atom is -0.496 e. The third-order valence-electron chi connectivity index (χ3n) is 9.13. The van der Waals surface area contributed by atoms with Gasteiger partial charge in [-0.15, -0.1) is 0 Å². The number of hydrogen-bond acceptors (Lipinski definition) is 6. The maximum Gasteiger partial charge on any atom is 0.246 e. The zero-order valence-electron chi connectivity index (χ0n) is 27.3. The van der Waals surface area contributed by atoms with Gasteiger partial charge in [-0.1, -0.05) is 37.3 Å². The molecule has 3 rings (SSSR count). The van der Waals surface area contributed by atoms with Crippen LogP contribution in [0.15, 0.2) is 41.3 Å². The van der Waals surface area contributed by atoms with Crippen LogP contribution in [0.5, 0.6) is 5.75 Å². The van der Waals surface area contributed by atoms with Crippen LogP contribution in [-0.2, 0) is 26.0 Å². The molecule has 2 aromatic carbocycles. The van der Waals surface area contributed by atoms with Crippen molar-refractivity contribution >= 4 is 15.9 Å².